The molecule has 1 aliphatic rings. The van der Waals surface area contributed by atoms with Crippen LogP contribution in [0.25, 0.3) is 0 Å². The average molecular weight is 268 g/mol. The summed E-state index contributed by atoms with van der Waals surface area (Å²) >= 11 is 11.5. The number of nitrogens with zero attached hydrogens (tertiary/aromatic N) is 3. The molecule has 0 N–H and O–H groups in total. The molecule has 0 spiro atoms. The van der Waals surface area contributed by atoms with Crippen LogP contribution < -0.4 is 4.90 Å². The third-order valence-corrected chi connectivity index (χ3v) is 2.99. The Labute approximate surface area is 101 Å². The van der Waals surface area contributed by atoms with Crippen LogP contribution in [0.5, 0.6) is 0 Å². The molecule has 3 nitrogen and oxygen atoms in total. The van der Waals surface area contributed by atoms with Crippen LogP contribution in [-0.4, -0.2) is 29.2 Å². The van der Waals surface area contributed by atoms with E-state index in [1.54, 1.807) is 11.0 Å². The number of rotatable bonds is 1. The van der Waals surface area contributed by atoms with Crippen LogP contribution in [0.4, 0.5) is 14.5 Å². The SMILES string of the molecule is FC1(F)CCN(c2cc(Cl)nnc2Cl)CC1. The van der Waals surface area contributed by atoms with Crippen LogP contribution in [0.1, 0.15) is 12.8 Å². The minimum atomic E-state index is -2.58. The average Bonchev–Trinajstić information content (AvgIpc) is 2.22. The minimum Gasteiger partial charge on any atom is -0.368 e. The Balaban J connectivity index is 2.17. The molecule has 2 rings (SSSR count). The van der Waals surface area contributed by atoms with Crippen molar-refractivity contribution in [3.05, 3.63) is 16.4 Å². The van der Waals surface area contributed by atoms with Gasteiger partial charge in [-0.25, -0.2) is 8.78 Å². The lowest BCUT2D eigenvalue weighted by atomic mass is 10.1. The first-order valence-electron chi connectivity index (χ1n) is 4.79. The third-order valence-electron chi connectivity index (χ3n) is 2.54. The molecule has 0 unspecified atom stereocenters. The topological polar surface area (TPSA) is 29.0 Å². The lowest BCUT2D eigenvalue weighted by molar-refractivity contribution is -0.0220. The van der Waals surface area contributed by atoms with Crippen molar-refractivity contribution < 1.29 is 8.78 Å². The number of hydrogen-bond acceptors (Lipinski definition) is 3. The van der Waals surface area contributed by atoms with Gasteiger partial charge in [0, 0.05) is 32.0 Å². The highest BCUT2D eigenvalue weighted by molar-refractivity contribution is 6.33. The Hall–Kier alpha value is -0.680. The van der Waals surface area contributed by atoms with Crippen molar-refractivity contribution in [2.24, 2.45) is 0 Å². The number of alkyl halides is 2. The van der Waals surface area contributed by atoms with Crippen molar-refractivity contribution in [1.82, 2.24) is 10.2 Å². The van der Waals surface area contributed by atoms with Gasteiger partial charge >= 0.3 is 0 Å². The Bertz CT molecular complexity index is 390. The maximum absolute atomic E-state index is 13.0. The highest BCUT2D eigenvalue weighted by Crippen LogP contribution is 2.33. The van der Waals surface area contributed by atoms with Gasteiger partial charge < -0.3 is 4.90 Å². The molecular formula is C9H9Cl2F2N3. The lowest BCUT2D eigenvalue weighted by Crippen LogP contribution is -2.39. The van der Waals surface area contributed by atoms with Gasteiger partial charge in [0.15, 0.2) is 10.3 Å². The predicted octanol–water partition coefficient (Wildman–Crippen LogP) is 3.02. The van der Waals surface area contributed by atoms with Crippen LogP contribution in [0.3, 0.4) is 0 Å². The zero-order valence-electron chi connectivity index (χ0n) is 8.26. The summed E-state index contributed by atoms with van der Waals surface area (Å²) in [6, 6.07) is 1.54. The third kappa shape index (κ3) is 2.52. The summed E-state index contributed by atoms with van der Waals surface area (Å²) in [4.78, 5) is 1.75. The predicted molar refractivity (Wildman–Crippen MR) is 58.4 cm³/mol. The van der Waals surface area contributed by atoms with Crippen LogP contribution in [-0.2, 0) is 0 Å². The van der Waals surface area contributed by atoms with Gasteiger partial charge in [-0.3, -0.25) is 0 Å². The van der Waals surface area contributed by atoms with Gasteiger partial charge in [-0.05, 0) is 0 Å². The second-order valence-electron chi connectivity index (χ2n) is 3.69. The number of anilines is 1. The molecule has 1 aromatic rings. The van der Waals surface area contributed by atoms with Crippen LogP contribution in [0, 0.1) is 0 Å². The van der Waals surface area contributed by atoms with Gasteiger partial charge in [0.2, 0.25) is 0 Å². The Morgan fingerprint density at radius 2 is 1.81 bits per heavy atom. The molecule has 0 atom stereocenters. The van der Waals surface area contributed by atoms with Crippen molar-refractivity contribution in [3.8, 4) is 0 Å². The normalized spacial score (nSPS) is 19.9. The molecule has 7 heteroatoms. The molecule has 1 saturated heterocycles. The minimum absolute atomic E-state index is 0.177. The first kappa shape index (κ1) is 11.8. The van der Waals surface area contributed by atoms with E-state index in [1.165, 1.54) is 0 Å². The molecule has 1 fully saturated rings. The van der Waals surface area contributed by atoms with Gasteiger partial charge in [0.05, 0.1) is 5.69 Å². The Morgan fingerprint density at radius 3 is 2.44 bits per heavy atom. The molecule has 0 aromatic carbocycles. The largest absolute Gasteiger partial charge is 0.368 e. The molecule has 1 aromatic heterocycles. The van der Waals surface area contributed by atoms with E-state index < -0.39 is 5.92 Å². The maximum atomic E-state index is 13.0. The molecule has 1 aliphatic heterocycles. The van der Waals surface area contributed by atoms with E-state index in [0.717, 1.165) is 0 Å². The summed E-state index contributed by atoms with van der Waals surface area (Å²) in [5.41, 5.74) is 0.567. The molecule has 2 heterocycles. The molecule has 0 saturated carbocycles. The molecule has 0 radical (unpaired) electrons. The second kappa shape index (κ2) is 4.30. The fraction of sp³-hybridized carbons (Fsp3) is 0.556. The van der Waals surface area contributed by atoms with Gasteiger partial charge in [-0.1, -0.05) is 23.2 Å². The standard InChI is InChI=1S/C9H9Cl2F2N3/c10-7-5-6(8(11)15-14-7)16-3-1-9(12,13)2-4-16/h5H,1-4H2. The van der Waals surface area contributed by atoms with Gasteiger partial charge in [0.25, 0.3) is 5.92 Å². The number of aromatic nitrogens is 2. The van der Waals surface area contributed by atoms with E-state index in [2.05, 4.69) is 10.2 Å². The Morgan fingerprint density at radius 1 is 1.19 bits per heavy atom. The second-order valence-corrected chi connectivity index (χ2v) is 4.43. The van der Waals surface area contributed by atoms with E-state index in [1.807, 2.05) is 0 Å². The van der Waals surface area contributed by atoms with Crippen LogP contribution in [0.15, 0.2) is 6.07 Å². The number of piperidine rings is 1. The highest BCUT2D eigenvalue weighted by Gasteiger charge is 2.34. The fourth-order valence-electron chi connectivity index (χ4n) is 1.64. The van der Waals surface area contributed by atoms with Gasteiger partial charge in [-0.15, -0.1) is 10.2 Å². The molecule has 88 valence electrons. The first-order valence-corrected chi connectivity index (χ1v) is 5.55. The summed E-state index contributed by atoms with van der Waals surface area (Å²) < 4.78 is 25.9. The molecule has 0 aliphatic carbocycles. The van der Waals surface area contributed by atoms with Crippen molar-refractivity contribution in [2.45, 2.75) is 18.8 Å². The molecule has 0 amide bonds. The van der Waals surface area contributed by atoms with E-state index in [4.69, 9.17) is 23.2 Å². The summed E-state index contributed by atoms with van der Waals surface area (Å²) in [5.74, 6) is -2.58. The van der Waals surface area contributed by atoms with E-state index in [9.17, 15) is 8.78 Å². The number of halogens is 4. The van der Waals surface area contributed by atoms with Gasteiger partial charge in [0.1, 0.15) is 0 Å². The van der Waals surface area contributed by atoms with Crippen molar-refractivity contribution in [2.75, 3.05) is 18.0 Å². The monoisotopic (exact) mass is 267 g/mol. The van der Waals surface area contributed by atoms with Gasteiger partial charge in [-0.2, -0.15) is 0 Å². The van der Waals surface area contributed by atoms with E-state index in [-0.39, 0.29) is 36.2 Å². The molecule has 16 heavy (non-hydrogen) atoms. The van der Waals surface area contributed by atoms with Crippen molar-refractivity contribution in [3.63, 3.8) is 0 Å². The molecule has 0 bridgehead atoms. The van der Waals surface area contributed by atoms with E-state index >= 15 is 0 Å². The summed E-state index contributed by atoms with van der Waals surface area (Å²) in [6.45, 7) is 0.490. The smallest absolute Gasteiger partial charge is 0.251 e. The maximum Gasteiger partial charge on any atom is 0.251 e. The Kier molecular flexibility index (Phi) is 3.17. The summed E-state index contributed by atoms with van der Waals surface area (Å²) in [5, 5.41) is 7.61. The van der Waals surface area contributed by atoms with E-state index in [0.29, 0.717) is 5.69 Å². The van der Waals surface area contributed by atoms with Crippen molar-refractivity contribution in [1.29, 1.82) is 0 Å². The van der Waals surface area contributed by atoms with Crippen LogP contribution >= 0.6 is 23.2 Å². The highest BCUT2D eigenvalue weighted by atomic mass is 35.5. The zero-order valence-corrected chi connectivity index (χ0v) is 9.77. The summed E-state index contributed by atoms with van der Waals surface area (Å²) in [7, 11) is 0. The number of hydrogen-bond donors (Lipinski definition) is 0. The quantitative estimate of drug-likeness (QED) is 0.783. The zero-order chi connectivity index (χ0) is 11.8. The first-order chi connectivity index (χ1) is 7.48. The van der Waals surface area contributed by atoms with Crippen molar-refractivity contribution >= 4 is 28.9 Å². The van der Waals surface area contributed by atoms with Crippen LogP contribution in [0.2, 0.25) is 10.3 Å². The fourth-order valence-corrected chi connectivity index (χ4v) is 1.99. The molecular weight excluding hydrogens is 259 g/mol. The lowest BCUT2D eigenvalue weighted by Gasteiger charge is -2.33. The summed E-state index contributed by atoms with van der Waals surface area (Å²) in [6.07, 6.45) is -0.355.